The zero-order valence-electron chi connectivity index (χ0n) is 14.9. The molecule has 0 radical (unpaired) electrons. The molecule has 1 atom stereocenters. The van der Waals surface area contributed by atoms with E-state index in [1.807, 2.05) is 13.8 Å². The number of primary amides is 2. The molecule has 1 aromatic carbocycles. The minimum Gasteiger partial charge on any atom is -0.454 e. The Hall–Kier alpha value is -3.56. The van der Waals surface area contributed by atoms with Crippen LogP contribution in [0.5, 0.6) is 11.5 Å². The number of anilines is 3. The van der Waals surface area contributed by atoms with Crippen molar-refractivity contribution in [1.29, 1.82) is 0 Å². The third kappa shape index (κ3) is 4.00. The maximum atomic E-state index is 11.7. The summed E-state index contributed by atoms with van der Waals surface area (Å²) in [5.41, 5.74) is 11.4. The molecule has 0 spiro atoms. The van der Waals surface area contributed by atoms with E-state index in [0.717, 1.165) is 0 Å². The monoisotopic (exact) mass is 372 g/mol. The SMILES string of the molecule is CC(C)C(Nc1cnc(C(N)=O)c(Nc2ccc3c(c2)OCO3)n1)C(N)=O. The van der Waals surface area contributed by atoms with Crippen LogP contribution in [-0.4, -0.2) is 34.6 Å². The van der Waals surface area contributed by atoms with Gasteiger partial charge in [0.05, 0.1) is 6.20 Å². The number of amides is 2. The van der Waals surface area contributed by atoms with E-state index < -0.39 is 17.9 Å². The Balaban J connectivity index is 1.90. The Labute approximate surface area is 155 Å². The molecule has 0 saturated carbocycles. The quantitative estimate of drug-likeness (QED) is 0.560. The van der Waals surface area contributed by atoms with E-state index in [1.54, 1.807) is 18.2 Å². The number of nitrogens with zero attached hydrogens (tertiary/aromatic N) is 2. The smallest absolute Gasteiger partial charge is 0.271 e. The van der Waals surface area contributed by atoms with Crippen molar-refractivity contribution >= 4 is 29.1 Å². The molecule has 142 valence electrons. The normalized spacial score (nSPS) is 13.3. The van der Waals surface area contributed by atoms with Gasteiger partial charge in [-0.3, -0.25) is 9.59 Å². The average Bonchev–Trinajstić information content (AvgIpc) is 3.06. The van der Waals surface area contributed by atoms with Crippen LogP contribution in [0.25, 0.3) is 0 Å². The van der Waals surface area contributed by atoms with Gasteiger partial charge in [0.15, 0.2) is 23.0 Å². The summed E-state index contributed by atoms with van der Waals surface area (Å²) in [6.45, 7) is 3.84. The van der Waals surface area contributed by atoms with Gasteiger partial charge in [0.25, 0.3) is 5.91 Å². The van der Waals surface area contributed by atoms with Gasteiger partial charge in [-0.15, -0.1) is 0 Å². The molecule has 2 amide bonds. The summed E-state index contributed by atoms with van der Waals surface area (Å²) in [7, 11) is 0. The number of fused-ring (bicyclic) bond motifs is 1. The highest BCUT2D eigenvalue weighted by Crippen LogP contribution is 2.35. The number of nitrogens with two attached hydrogens (primary N) is 2. The van der Waals surface area contributed by atoms with Crippen LogP contribution in [0.15, 0.2) is 24.4 Å². The van der Waals surface area contributed by atoms with Crippen LogP contribution in [0.1, 0.15) is 24.3 Å². The molecular weight excluding hydrogens is 352 g/mol. The van der Waals surface area contributed by atoms with E-state index in [2.05, 4.69) is 20.6 Å². The van der Waals surface area contributed by atoms with Gasteiger partial charge in [0.2, 0.25) is 12.7 Å². The van der Waals surface area contributed by atoms with Gasteiger partial charge in [0.1, 0.15) is 11.9 Å². The first-order valence-electron chi connectivity index (χ1n) is 8.24. The van der Waals surface area contributed by atoms with Gasteiger partial charge < -0.3 is 31.6 Å². The molecule has 10 nitrogen and oxygen atoms in total. The Bertz CT molecular complexity index is 886. The van der Waals surface area contributed by atoms with E-state index in [-0.39, 0.29) is 30.0 Å². The fraction of sp³-hybridized carbons (Fsp3) is 0.294. The van der Waals surface area contributed by atoms with E-state index in [0.29, 0.717) is 17.2 Å². The lowest BCUT2D eigenvalue weighted by molar-refractivity contribution is -0.119. The predicted molar refractivity (Wildman–Crippen MR) is 97.8 cm³/mol. The van der Waals surface area contributed by atoms with Crippen molar-refractivity contribution in [3.63, 3.8) is 0 Å². The molecule has 10 heteroatoms. The van der Waals surface area contributed by atoms with Crippen molar-refractivity contribution in [3.8, 4) is 11.5 Å². The zero-order chi connectivity index (χ0) is 19.6. The van der Waals surface area contributed by atoms with E-state index >= 15 is 0 Å². The lowest BCUT2D eigenvalue weighted by Gasteiger charge is -2.20. The molecule has 1 unspecified atom stereocenters. The third-order valence-electron chi connectivity index (χ3n) is 3.92. The van der Waals surface area contributed by atoms with Crippen LogP contribution >= 0.6 is 0 Å². The minimum atomic E-state index is -0.743. The minimum absolute atomic E-state index is 0.0432. The molecule has 0 aliphatic carbocycles. The van der Waals surface area contributed by atoms with Gasteiger partial charge in [-0.1, -0.05) is 13.8 Å². The molecule has 0 saturated heterocycles. The van der Waals surface area contributed by atoms with E-state index in [4.69, 9.17) is 20.9 Å². The number of carbonyl (C=O) groups excluding carboxylic acids is 2. The van der Waals surface area contributed by atoms with Gasteiger partial charge in [-0.25, -0.2) is 9.97 Å². The summed E-state index contributed by atoms with van der Waals surface area (Å²) in [6.07, 6.45) is 1.32. The highest BCUT2D eigenvalue weighted by Gasteiger charge is 2.21. The van der Waals surface area contributed by atoms with Crippen LogP contribution in [0, 0.1) is 5.92 Å². The van der Waals surface area contributed by atoms with Crippen LogP contribution in [-0.2, 0) is 4.79 Å². The van der Waals surface area contributed by atoms with Crippen molar-refractivity contribution in [2.24, 2.45) is 17.4 Å². The lowest BCUT2D eigenvalue weighted by Crippen LogP contribution is -2.39. The van der Waals surface area contributed by atoms with Crippen molar-refractivity contribution in [2.75, 3.05) is 17.4 Å². The second-order valence-electron chi connectivity index (χ2n) is 6.28. The number of carbonyl (C=O) groups is 2. The molecule has 1 aliphatic heterocycles. The molecule has 2 heterocycles. The zero-order valence-corrected chi connectivity index (χ0v) is 14.9. The summed E-state index contributed by atoms with van der Waals surface area (Å²) < 4.78 is 10.6. The highest BCUT2D eigenvalue weighted by atomic mass is 16.7. The first-order valence-corrected chi connectivity index (χ1v) is 8.24. The molecule has 3 rings (SSSR count). The molecule has 1 aromatic heterocycles. The fourth-order valence-electron chi connectivity index (χ4n) is 2.56. The van der Waals surface area contributed by atoms with E-state index in [1.165, 1.54) is 6.20 Å². The third-order valence-corrected chi connectivity index (χ3v) is 3.92. The molecule has 27 heavy (non-hydrogen) atoms. The number of aromatic nitrogens is 2. The first-order chi connectivity index (χ1) is 12.8. The van der Waals surface area contributed by atoms with Crippen molar-refractivity contribution < 1.29 is 19.1 Å². The maximum absolute atomic E-state index is 11.7. The second kappa shape index (κ2) is 7.36. The van der Waals surface area contributed by atoms with Crippen molar-refractivity contribution in [3.05, 3.63) is 30.1 Å². The van der Waals surface area contributed by atoms with Crippen molar-refractivity contribution in [1.82, 2.24) is 9.97 Å². The van der Waals surface area contributed by atoms with Crippen LogP contribution < -0.4 is 31.6 Å². The van der Waals surface area contributed by atoms with Gasteiger partial charge in [-0.05, 0) is 18.1 Å². The summed E-state index contributed by atoms with van der Waals surface area (Å²) in [4.78, 5) is 31.7. The average molecular weight is 372 g/mol. The molecular formula is C17H20N6O4. The lowest BCUT2D eigenvalue weighted by atomic mass is 10.0. The van der Waals surface area contributed by atoms with Crippen LogP contribution in [0.3, 0.4) is 0 Å². The molecule has 2 aromatic rings. The molecule has 0 bridgehead atoms. The van der Waals surface area contributed by atoms with E-state index in [9.17, 15) is 9.59 Å². The van der Waals surface area contributed by atoms with Crippen LogP contribution in [0.4, 0.5) is 17.3 Å². The summed E-state index contributed by atoms with van der Waals surface area (Å²) in [5.74, 6) is 0.281. The molecule has 1 aliphatic rings. The number of nitrogens with one attached hydrogen (secondary N) is 2. The Morgan fingerprint density at radius 2 is 1.93 bits per heavy atom. The number of rotatable bonds is 7. The topological polar surface area (TPSA) is 154 Å². The Morgan fingerprint density at radius 1 is 1.19 bits per heavy atom. The van der Waals surface area contributed by atoms with Crippen molar-refractivity contribution in [2.45, 2.75) is 19.9 Å². The fourth-order valence-corrected chi connectivity index (χ4v) is 2.56. The predicted octanol–water partition coefficient (Wildman–Crippen LogP) is 0.970. The number of ether oxygens (including phenoxy) is 2. The molecule has 0 fully saturated rings. The summed E-state index contributed by atoms with van der Waals surface area (Å²) in [6, 6.07) is 4.53. The molecule has 6 N–H and O–H groups in total. The number of hydrogen-bond donors (Lipinski definition) is 4. The van der Waals surface area contributed by atoms with Gasteiger partial charge in [-0.2, -0.15) is 0 Å². The number of hydrogen-bond acceptors (Lipinski definition) is 8. The standard InChI is InChI=1S/C17H20N6O4/c1-8(2)13(15(18)24)22-12-6-20-14(16(19)25)17(23-12)21-9-3-4-10-11(5-9)27-7-26-10/h3-6,8,13H,7H2,1-2H3,(H2,18,24)(H2,19,25)(H2,21,22,23). The second-order valence-corrected chi connectivity index (χ2v) is 6.28. The maximum Gasteiger partial charge on any atom is 0.271 e. The summed E-state index contributed by atoms with van der Waals surface area (Å²) in [5, 5.41) is 5.92. The van der Waals surface area contributed by atoms with Gasteiger partial charge in [0, 0.05) is 11.8 Å². The van der Waals surface area contributed by atoms with Gasteiger partial charge >= 0.3 is 0 Å². The Morgan fingerprint density at radius 3 is 2.59 bits per heavy atom. The largest absolute Gasteiger partial charge is 0.454 e. The Kier molecular flexibility index (Phi) is 4.97. The van der Waals surface area contributed by atoms with Crippen LogP contribution in [0.2, 0.25) is 0 Å². The highest BCUT2D eigenvalue weighted by molar-refractivity contribution is 5.96. The number of benzene rings is 1. The summed E-state index contributed by atoms with van der Waals surface area (Å²) >= 11 is 0. The first kappa shape index (κ1) is 18.2.